The van der Waals surface area contributed by atoms with E-state index in [0.29, 0.717) is 18.5 Å². The van der Waals surface area contributed by atoms with E-state index >= 15 is 0 Å². The summed E-state index contributed by atoms with van der Waals surface area (Å²) in [5.74, 6) is 0.0302. The molecule has 0 radical (unpaired) electrons. The number of carbonyl (C=O) groups excluding carboxylic acids is 1. The molecule has 2 N–H and O–H groups in total. The second-order valence-corrected chi connectivity index (χ2v) is 8.33. The summed E-state index contributed by atoms with van der Waals surface area (Å²) in [6.45, 7) is 0.929. The summed E-state index contributed by atoms with van der Waals surface area (Å²) in [6, 6.07) is 3.65. The van der Waals surface area contributed by atoms with Gasteiger partial charge >= 0.3 is 6.18 Å². The maximum atomic E-state index is 13.4. The molecule has 1 heterocycles. The van der Waals surface area contributed by atoms with E-state index in [1.165, 1.54) is 13.2 Å². The van der Waals surface area contributed by atoms with Gasteiger partial charge in [0.25, 0.3) is 0 Å². The Kier molecular flexibility index (Phi) is 7.76. The zero-order valence-electron chi connectivity index (χ0n) is 17.4. The van der Waals surface area contributed by atoms with E-state index in [-0.39, 0.29) is 37.6 Å². The molecule has 1 aromatic carbocycles. The topological polar surface area (TPSA) is 61.8 Å². The first kappa shape index (κ1) is 23.0. The van der Waals surface area contributed by atoms with Crippen molar-refractivity contribution in [2.24, 2.45) is 5.92 Å². The van der Waals surface area contributed by atoms with Crippen LogP contribution < -0.4 is 5.32 Å². The number of methoxy groups -OCH3 is 1. The molecule has 0 bridgehead atoms. The number of carbonyl (C=O) groups is 1. The van der Waals surface area contributed by atoms with Gasteiger partial charge in [-0.25, -0.2) is 0 Å². The van der Waals surface area contributed by atoms with Gasteiger partial charge in [0.05, 0.1) is 30.9 Å². The van der Waals surface area contributed by atoms with Crippen molar-refractivity contribution in [3.63, 3.8) is 0 Å². The number of nitrogens with one attached hydrogen (secondary N) is 1. The number of alkyl halides is 3. The zero-order valence-corrected chi connectivity index (χ0v) is 17.4. The number of ether oxygens (including phenoxy) is 1. The molecule has 8 heteroatoms. The number of hydrogen-bond acceptors (Lipinski definition) is 4. The molecular weight excluding hydrogens is 397 g/mol. The van der Waals surface area contributed by atoms with Crippen molar-refractivity contribution in [1.29, 1.82) is 0 Å². The normalized spacial score (nSPS) is 21.4. The Morgan fingerprint density at radius 1 is 1.30 bits per heavy atom. The van der Waals surface area contributed by atoms with E-state index in [1.54, 1.807) is 11.0 Å². The first-order chi connectivity index (χ1) is 14.3. The Balaban J connectivity index is 1.82. The molecule has 1 unspecified atom stereocenters. The average Bonchev–Trinajstić information content (AvgIpc) is 2.72. The van der Waals surface area contributed by atoms with E-state index in [9.17, 15) is 23.1 Å². The molecule has 1 fully saturated rings. The second kappa shape index (κ2) is 10.1. The third-order valence-electron chi connectivity index (χ3n) is 6.18. The van der Waals surface area contributed by atoms with Crippen molar-refractivity contribution in [3.05, 3.63) is 34.9 Å². The van der Waals surface area contributed by atoms with Gasteiger partial charge in [-0.15, -0.1) is 0 Å². The molecular formula is C22H31F3N2O3. The third kappa shape index (κ3) is 5.53. The minimum absolute atomic E-state index is 0.0400. The number of halogens is 3. The summed E-state index contributed by atoms with van der Waals surface area (Å²) in [5.41, 5.74) is 0.902. The number of rotatable bonds is 7. The summed E-state index contributed by atoms with van der Waals surface area (Å²) in [6.07, 6.45) is 0.484. The molecule has 2 atom stereocenters. The van der Waals surface area contributed by atoms with Crippen molar-refractivity contribution in [2.75, 3.05) is 33.4 Å². The highest BCUT2D eigenvalue weighted by Gasteiger charge is 2.39. The summed E-state index contributed by atoms with van der Waals surface area (Å²) in [4.78, 5) is 14.8. The Labute approximate surface area is 175 Å². The van der Waals surface area contributed by atoms with E-state index in [4.69, 9.17) is 4.74 Å². The Hall–Kier alpha value is -1.64. The van der Waals surface area contributed by atoms with Crippen molar-refractivity contribution in [2.45, 2.75) is 56.8 Å². The third-order valence-corrected chi connectivity index (χ3v) is 6.18. The predicted octanol–water partition coefficient (Wildman–Crippen LogP) is 3.31. The quantitative estimate of drug-likeness (QED) is 0.700. The highest BCUT2D eigenvalue weighted by Crippen LogP contribution is 2.43. The van der Waals surface area contributed by atoms with Crippen LogP contribution in [0.5, 0.6) is 0 Å². The van der Waals surface area contributed by atoms with Gasteiger partial charge in [-0.05, 0) is 48.4 Å². The lowest BCUT2D eigenvalue weighted by Crippen LogP contribution is -2.47. The highest BCUT2D eigenvalue weighted by molar-refractivity contribution is 5.79. The van der Waals surface area contributed by atoms with Crippen LogP contribution >= 0.6 is 0 Å². The maximum absolute atomic E-state index is 13.4. The largest absolute Gasteiger partial charge is 0.416 e. The fourth-order valence-electron chi connectivity index (χ4n) is 4.76. The first-order valence-corrected chi connectivity index (χ1v) is 10.7. The number of benzene rings is 1. The minimum Gasteiger partial charge on any atom is -0.389 e. The SMILES string of the molecule is COC[C@@H](O)CNCC(=O)N1CCc2ccc(C(F)(F)F)cc2C1C1CCCCC1. The molecule has 1 saturated carbocycles. The zero-order chi connectivity index (χ0) is 21.7. The molecule has 168 valence electrons. The number of aliphatic hydroxyl groups excluding tert-OH is 1. The molecule has 0 spiro atoms. The summed E-state index contributed by atoms with van der Waals surface area (Å²) >= 11 is 0. The van der Waals surface area contributed by atoms with Gasteiger partial charge in [0.1, 0.15) is 0 Å². The van der Waals surface area contributed by atoms with Crippen molar-refractivity contribution in [3.8, 4) is 0 Å². The van der Waals surface area contributed by atoms with E-state index < -0.39 is 17.8 Å². The Morgan fingerprint density at radius 2 is 2.03 bits per heavy atom. The molecule has 30 heavy (non-hydrogen) atoms. The standard InChI is InChI=1S/C22H31F3N2O3/c1-30-14-18(28)12-26-13-20(29)27-10-9-15-7-8-17(22(23,24)25)11-19(15)21(27)16-5-3-2-4-6-16/h7-8,11,16,18,21,26,28H,2-6,9-10,12-14H2,1H3/t18-,21?/m0/s1. The molecule has 1 aliphatic heterocycles. The molecule has 1 aliphatic carbocycles. The van der Waals surface area contributed by atoms with Gasteiger partial charge in [0, 0.05) is 20.2 Å². The fraction of sp³-hybridized carbons (Fsp3) is 0.682. The van der Waals surface area contributed by atoms with Gasteiger partial charge < -0.3 is 20.1 Å². The van der Waals surface area contributed by atoms with Crippen LogP contribution in [0, 0.1) is 5.92 Å². The lowest BCUT2D eigenvalue weighted by Gasteiger charge is -2.43. The van der Waals surface area contributed by atoms with Crippen molar-refractivity contribution in [1.82, 2.24) is 10.2 Å². The van der Waals surface area contributed by atoms with Gasteiger partial charge in [-0.1, -0.05) is 25.3 Å². The molecule has 5 nitrogen and oxygen atoms in total. The van der Waals surface area contributed by atoms with E-state index in [1.807, 2.05) is 0 Å². The first-order valence-electron chi connectivity index (χ1n) is 10.7. The van der Waals surface area contributed by atoms with Crippen molar-refractivity contribution >= 4 is 5.91 Å². The number of nitrogens with zero attached hydrogens (tertiary/aromatic N) is 1. The van der Waals surface area contributed by atoms with Crippen LogP contribution in [-0.2, 0) is 22.1 Å². The number of aliphatic hydroxyl groups is 1. The van der Waals surface area contributed by atoms with Gasteiger partial charge in [-0.3, -0.25) is 4.79 Å². The molecule has 0 aromatic heterocycles. The van der Waals surface area contributed by atoms with Gasteiger partial charge in [-0.2, -0.15) is 13.2 Å². The van der Waals surface area contributed by atoms with Gasteiger partial charge in [0.2, 0.25) is 5.91 Å². The number of amides is 1. The molecule has 1 aromatic rings. The minimum atomic E-state index is -4.41. The fourth-order valence-corrected chi connectivity index (χ4v) is 4.76. The second-order valence-electron chi connectivity index (χ2n) is 8.33. The van der Waals surface area contributed by atoms with E-state index in [2.05, 4.69) is 5.32 Å². The molecule has 1 amide bonds. The van der Waals surface area contributed by atoms with Crippen LogP contribution in [0.3, 0.4) is 0 Å². The van der Waals surface area contributed by atoms with Crippen LogP contribution in [0.2, 0.25) is 0 Å². The number of hydrogen-bond donors (Lipinski definition) is 2. The van der Waals surface area contributed by atoms with Crippen LogP contribution in [0.4, 0.5) is 13.2 Å². The van der Waals surface area contributed by atoms with Crippen LogP contribution in [0.25, 0.3) is 0 Å². The Morgan fingerprint density at radius 3 is 2.70 bits per heavy atom. The van der Waals surface area contributed by atoms with Crippen LogP contribution in [0.15, 0.2) is 18.2 Å². The summed E-state index contributed by atoms with van der Waals surface area (Å²) < 4.78 is 45.0. The summed E-state index contributed by atoms with van der Waals surface area (Å²) in [5, 5.41) is 12.7. The lowest BCUT2D eigenvalue weighted by atomic mass is 9.76. The monoisotopic (exact) mass is 428 g/mol. The lowest BCUT2D eigenvalue weighted by molar-refractivity contribution is -0.137. The molecule has 0 saturated heterocycles. The van der Waals surface area contributed by atoms with Gasteiger partial charge in [0.15, 0.2) is 0 Å². The van der Waals surface area contributed by atoms with Crippen molar-refractivity contribution < 1.29 is 27.8 Å². The van der Waals surface area contributed by atoms with Crippen LogP contribution in [0.1, 0.15) is 54.8 Å². The smallest absolute Gasteiger partial charge is 0.389 e. The number of fused-ring (bicyclic) bond motifs is 1. The maximum Gasteiger partial charge on any atom is 0.416 e. The Bertz CT molecular complexity index is 720. The predicted molar refractivity (Wildman–Crippen MR) is 107 cm³/mol. The van der Waals surface area contributed by atoms with E-state index in [0.717, 1.165) is 43.7 Å². The van der Waals surface area contributed by atoms with Crippen LogP contribution in [-0.4, -0.2) is 55.4 Å². The summed E-state index contributed by atoms with van der Waals surface area (Å²) in [7, 11) is 1.49. The average molecular weight is 428 g/mol. The molecule has 2 aliphatic rings. The highest BCUT2D eigenvalue weighted by atomic mass is 19.4. The molecule has 3 rings (SSSR count).